The van der Waals surface area contributed by atoms with E-state index in [2.05, 4.69) is 14.9 Å². The summed E-state index contributed by atoms with van der Waals surface area (Å²) in [7, 11) is 1.33. The van der Waals surface area contributed by atoms with Gasteiger partial charge < -0.3 is 18.7 Å². The van der Waals surface area contributed by atoms with E-state index in [1.165, 1.54) is 25.3 Å². The summed E-state index contributed by atoms with van der Waals surface area (Å²) in [5.41, 5.74) is 0.485. The lowest BCUT2D eigenvalue weighted by Gasteiger charge is -2.22. The van der Waals surface area contributed by atoms with Gasteiger partial charge in [0.1, 0.15) is 0 Å². The molecule has 1 aromatic heterocycles. The molecule has 0 aliphatic heterocycles. The van der Waals surface area contributed by atoms with Crippen LogP contribution in [0.2, 0.25) is 0 Å². The number of aromatic nitrogens is 2. The summed E-state index contributed by atoms with van der Waals surface area (Å²) >= 11 is 0. The van der Waals surface area contributed by atoms with E-state index >= 15 is 0 Å². The summed E-state index contributed by atoms with van der Waals surface area (Å²) in [6.07, 6.45) is 2.74. The number of hydrogen-bond donors (Lipinski definition) is 0. The number of ether oxygens (including phenoxy) is 3. The Bertz CT molecular complexity index is 746. The van der Waals surface area contributed by atoms with Crippen LogP contribution in [0.3, 0.4) is 0 Å². The van der Waals surface area contributed by atoms with Crippen LogP contribution in [0.15, 0.2) is 22.7 Å². The highest BCUT2D eigenvalue weighted by molar-refractivity contribution is 5.73. The van der Waals surface area contributed by atoms with Crippen LogP contribution in [0.25, 0.3) is 11.4 Å². The van der Waals surface area contributed by atoms with Gasteiger partial charge >= 0.3 is 12.6 Å². The molecule has 0 N–H and O–H groups in total. The number of rotatable bonds is 7. The van der Waals surface area contributed by atoms with Crippen LogP contribution in [0, 0.1) is 5.92 Å². The first kappa shape index (κ1) is 17.1. The van der Waals surface area contributed by atoms with Crippen LogP contribution in [0.4, 0.5) is 8.78 Å². The SMILES string of the molecule is COc1cc(-c2noc(COC(=O)C3CCC3)n2)ccc1OC(F)F. The largest absolute Gasteiger partial charge is 0.493 e. The van der Waals surface area contributed by atoms with Crippen molar-refractivity contribution < 1.29 is 32.3 Å². The van der Waals surface area contributed by atoms with Crippen LogP contribution in [-0.2, 0) is 16.1 Å². The second kappa shape index (κ2) is 7.45. The molecular formula is C16H16F2N2O5. The minimum atomic E-state index is -2.96. The molecule has 3 rings (SSSR count). The van der Waals surface area contributed by atoms with E-state index in [-0.39, 0.29) is 41.7 Å². The lowest BCUT2D eigenvalue weighted by atomic mass is 9.86. The maximum absolute atomic E-state index is 12.3. The normalized spacial score (nSPS) is 14.2. The zero-order chi connectivity index (χ0) is 17.8. The Morgan fingerprint density at radius 2 is 2.16 bits per heavy atom. The van der Waals surface area contributed by atoms with Crippen molar-refractivity contribution >= 4 is 5.97 Å². The standard InChI is InChI=1S/C16H16F2N2O5/c1-22-12-7-10(5-6-11(12)24-16(17)18)14-19-13(25-20-14)8-23-15(21)9-3-2-4-9/h5-7,9,16H,2-4,8H2,1H3. The van der Waals surface area contributed by atoms with E-state index in [1.54, 1.807) is 0 Å². The van der Waals surface area contributed by atoms with Crippen molar-refractivity contribution in [1.82, 2.24) is 10.1 Å². The van der Waals surface area contributed by atoms with Crippen molar-refractivity contribution in [2.45, 2.75) is 32.5 Å². The van der Waals surface area contributed by atoms with Crippen molar-refractivity contribution in [1.29, 1.82) is 0 Å². The van der Waals surface area contributed by atoms with Crippen molar-refractivity contribution in [3.05, 3.63) is 24.1 Å². The molecule has 9 heteroatoms. The fourth-order valence-corrected chi connectivity index (χ4v) is 2.33. The molecule has 0 amide bonds. The van der Waals surface area contributed by atoms with Crippen LogP contribution < -0.4 is 9.47 Å². The first-order chi connectivity index (χ1) is 12.1. The maximum Gasteiger partial charge on any atom is 0.387 e. The minimum Gasteiger partial charge on any atom is -0.493 e. The molecule has 0 bridgehead atoms. The third kappa shape index (κ3) is 4.04. The quantitative estimate of drug-likeness (QED) is 0.706. The number of carbonyl (C=O) groups excluding carboxylic acids is 1. The van der Waals surface area contributed by atoms with Gasteiger partial charge in [-0.25, -0.2) is 0 Å². The fraction of sp³-hybridized carbons (Fsp3) is 0.438. The molecule has 7 nitrogen and oxygen atoms in total. The smallest absolute Gasteiger partial charge is 0.387 e. The van der Waals surface area contributed by atoms with E-state index in [4.69, 9.17) is 14.0 Å². The van der Waals surface area contributed by atoms with Crippen LogP contribution in [0.1, 0.15) is 25.2 Å². The Labute approximate surface area is 141 Å². The fourth-order valence-electron chi connectivity index (χ4n) is 2.33. The highest BCUT2D eigenvalue weighted by atomic mass is 19.3. The van der Waals surface area contributed by atoms with Gasteiger partial charge in [0, 0.05) is 5.56 Å². The summed E-state index contributed by atoms with van der Waals surface area (Å²) in [4.78, 5) is 15.8. The molecule has 1 fully saturated rings. The van der Waals surface area contributed by atoms with Gasteiger partial charge in [0.15, 0.2) is 18.1 Å². The molecule has 1 aliphatic carbocycles. The molecule has 0 atom stereocenters. The van der Waals surface area contributed by atoms with Gasteiger partial charge in [0.05, 0.1) is 13.0 Å². The van der Waals surface area contributed by atoms with Gasteiger partial charge in [-0.1, -0.05) is 11.6 Å². The summed E-state index contributed by atoms with van der Waals surface area (Å²) < 4.78 is 44.2. The number of methoxy groups -OCH3 is 1. The number of halogens is 2. The Morgan fingerprint density at radius 1 is 1.36 bits per heavy atom. The molecule has 1 heterocycles. The number of nitrogens with zero attached hydrogens (tertiary/aromatic N) is 2. The van der Waals surface area contributed by atoms with Gasteiger partial charge in [-0.2, -0.15) is 13.8 Å². The predicted octanol–water partition coefficient (Wildman–Crippen LogP) is 3.19. The lowest BCUT2D eigenvalue weighted by Crippen LogP contribution is -2.23. The molecule has 0 unspecified atom stereocenters. The van der Waals surface area contributed by atoms with Crippen molar-refractivity contribution in [2.75, 3.05) is 7.11 Å². The van der Waals surface area contributed by atoms with Crippen LogP contribution in [-0.4, -0.2) is 29.8 Å². The molecule has 1 aromatic carbocycles. The third-order valence-corrected chi connectivity index (χ3v) is 3.88. The van der Waals surface area contributed by atoms with Crippen LogP contribution >= 0.6 is 0 Å². The van der Waals surface area contributed by atoms with E-state index in [0.717, 1.165) is 19.3 Å². The summed E-state index contributed by atoms with van der Waals surface area (Å²) in [5, 5.41) is 3.79. The zero-order valence-corrected chi connectivity index (χ0v) is 13.4. The predicted molar refractivity (Wildman–Crippen MR) is 80.1 cm³/mol. The Balaban J connectivity index is 1.67. The minimum absolute atomic E-state index is 0.0333. The second-order valence-electron chi connectivity index (χ2n) is 5.49. The Hall–Kier alpha value is -2.71. The summed E-state index contributed by atoms with van der Waals surface area (Å²) in [5.74, 6) is 0.0845. The van der Waals surface area contributed by atoms with Gasteiger partial charge in [0.25, 0.3) is 5.89 Å². The lowest BCUT2D eigenvalue weighted by molar-refractivity contribution is -0.153. The van der Waals surface area contributed by atoms with Gasteiger partial charge in [-0.05, 0) is 31.0 Å². The molecule has 0 saturated heterocycles. The molecule has 1 aliphatic rings. The molecule has 0 radical (unpaired) electrons. The second-order valence-corrected chi connectivity index (χ2v) is 5.49. The molecule has 1 saturated carbocycles. The van der Waals surface area contributed by atoms with E-state index in [1.807, 2.05) is 0 Å². The van der Waals surface area contributed by atoms with Crippen molar-refractivity contribution in [2.24, 2.45) is 5.92 Å². The van der Waals surface area contributed by atoms with Gasteiger partial charge in [-0.15, -0.1) is 0 Å². The van der Waals surface area contributed by atoms with Gasteiger partial charge in [0.2, 0.25) is 5.82 Å². The summed E-state index contributed by atoms with van der Waals surface area (Å²) in [6.45, 7) is -3.06. The number of esters is 1. The van der Waals surface area contributed by atoms with Gasteiger partial charge in [-0.3, -0.25) is 4.79 Å². The van der Waals surface area contributed by atoms with E-state index in [9.17, 15) is 13.6 Å². The average molecular weight is 354 g/mol. The molecule has 0 spiro atoms. The molecular weight excluding hydrogens is 338 g/mol. The summed E-state index contributed by atoms with van der Waals surface area (Å²) in [6, 6.07) is 4.27. The number of benzene rings is 1. The van der Waals surface area contributed by atoms with Crippen molar-refractivity contribution in [3.8, 4) is 22.9 Å². The number of carbonyl (C=O) groups is 1. The third-order valence-electron chi connectivity index (χ3n) is 3.88. The van der Waals surface area contributed by atoms with Crippen LogP contribution in [0.5, 0.6) is 11.5 Å². The average Bonchev–Trinajstić information content (AvgIpc) is 3.00. The monoisotopic (exact) mass is 354 g/mol. The maximum atomic E-state index is 12.3. The first-order valence-corrected chi connectivity index (χ1v) is 7.69. The first-order valence-electron chi connectivity index (χ1n) is 7.69. The molecule has 2 aromatic rings. The molecule has 25 heavy (non-hydrogen) atoms. The Kier molecular flexibility index (Phi) is 5.11. The van der Waals surface area contributed by atoms with Crippen molar-refractivity contribution in [3.63, 3.8) is 0 Å². The zero-order valence-electron chi connectivity index (χ0n) is 13.4. The number of hydrogen-bond acceptors (Lipinski definition) is 7. The highest BCUT2D eigenvalue weighted by Crippen LogP contribution is 2.32. The number of alkyl halides is 2. The topological polar surface area (TPSA) is 83.7 Å². The van der Waals surface area contributed by atoms with E-state index in [0.29, 0.717) is 5.56 Å². The van der Waals surface area contributed by atoms with E-state index < -0.39 is 6.61 Å². The Morgan fingerprint density at radius 3 is 2.80 bits per heavy atom. The molecule has 134 valence electrons. The highest BCUT2D eigenvalue weighted by Gasteiger charge is 2.27.